The van der Waals surface area contributed by atoms with Crippen LogP contribution < -0.4 is 11.4 Å². The Hall–Kier alpha value is -1.54. The third kappa shape index (κ3) is 7.22. The van der Waals surface area contributed by atoms with Crippen LogP contribution in [0.1, 0.15) is 8.97 Å². The highest BCUT2D eigenvalue weighted by molar-refractivity contribution is 7.66. The van der Waals surface area contributed by atoms with Gasteiger partial charge in [-0.15, -0.1) is 0 Å². The van der Waals surface area contributed by atoms with E-state index in [1.54, 1.807) is 5.92 Å². The van der Waals surface area contributed by atoms with Gasteiger partial charge in [0, 0.05) is 6.20 Å². The van der Waals surface area contributed by atoms with Crippen molar-refractivity contribution in [2.45, 2.75) is 24.0 Å². The highest BCUT2D eigenvalue weighted by Gasteiger charge is 2.56. The van der Waals surface area contributed by atoms with Gasteiger partial charge < -0.3 is 40.3 Å². The first-order valence-corrected chi connectivity index (χ1v) is 12.6. The van der Waals surface area contributed by atoms with E-state index < -0.39 is 66.4 Å². The molecule has 0 bridgehead atoms. The molecular formula is C12H17FN3O14P3. The fraction of sp³-hybridized carbons (Fsp3) is 0.500. The van der Waals surface area contributed by atoms with Gasteiger partial charge in [-0.1, -0.05) is 11.8 Å². The summed E-state index contributed by atoms with van der Waals surface area (Å²) in [6, 6.07) is 1.02. The Labute approximate surface area is 185 Å². The summed E-state index contributed by atoms with van der Waals surface area (Å²) >= 11 is 0. The summed E-state index contributed by atoms with van der Waals surface area (Å²) in [5.74, 6) is 3.29. The molecule has 0 aromatic carbocycles. The summed E-state index contributed by atoms with van der Waals surface area (Å²) in [6.45, 7) is -5.12. The lowest BCUT2D eigenvalue weighted by molar-refractivity contribution is -0.0761. The van der Waals surface area contributed by atoms with Gasteiger partial charge in [-0.3, -0.25) is 9.09 Å². The van der Waals surface area contributed by atoms with Crippen molar-refractivity contribution >= 4 is 29.3 Å². The minimum Gasteiger partial charge on any atom is -0.386 e. The Kier molecular flexibility index (Phi) is 7.44. The predicted octanol–water partition coefficient (Wildman–Crippen LogP) is -1.87. The van der Waals surface area contributed by atoms with Gasteiger partial charge in [0.05, 0.1) is 9.30 Å². The number of ether oxygens (including phenoxy) is 1. The molecule has 0 radical (unpaired) electrons. The number of phosphoric acid groups is 3. The van der Waals surface area contributed by atoms with E-state index in [0.717, 1.165) is 12.3 Å². The first kappa shape index (κ1) is 24.6. The second-order valence-corrected chi connectivity index (χ2v) is 10.3. The van der Waals surface area contributed by atoms with Crippen LogP contribution in [0, 0.1) is 11.8 Å². The maximum absolute atomic E-state index is 12.6. The predicted molar refractivity (Wildman–Crippen MR) is 101 cm³/mol. The van der Waals surface area contributed by atoms with Crippen molar-refractivity contribution in [1.29, 1.82) is 0 Å². The summed E-state index contributed by atoms with van der Waals surface area (Å²) < 4.78 is 78.9. The zero-order valence-corrected chi connectivity index (χ0v) is 18.4. The van der Waals surface area contributed by atoms with Crippen LogP contribution in [0.3, 0.4) is 0 Å². The fourth-order valence-electron chi connectivity index (χ4n) is 2.39. The third-order valence-electron chi connectivity index (χ3n) is 3.55. The molecule has 0 aliphatic carbocycles. The Bertz CT molecular complexity index is 1230. The Morgan fingerprint density at radius 2 is 1.94 bits per heavy atom. The first-order chi connectivity index (χ1) is 15.7. The molecule has 1 aliphatic rings. The molecule has 0 spiro atoms. The Morgan fingerprint density at radius 1 is 1.30 bits per heavy atom. The van der Waals surface area contributed by atoms with Crippen LogP contribution in [0.4, 0.5) is 10.2 Å². The van der Waals surface area contributed by atoms with Crippen molar-refractivity contribution in [2.75, 3.05) is 19.0 Å². The molecule has 1 aromatic rings. The lowest BCUT2D eigenvalue weighted by atomic mass is 9.94. The number of nitrogen functional groups attached to an aromatic ring is 1. The van der Waals surface area contributed by atoms with E-state index in [9.17, 15) is 42.9 Å². The number of aliphatic hydroxyl groups is 2. The van der Waals surface area contributed by atoms with E-state index in [1.165, 1.54) is 0 Å². The minimum atomic E-state index is -6.09. The molecule has 1 aliphatic heterocycles. The maximum Gasteiger partial charge on any atom is 0.490 e. The zero-order chi connectivity index (χ0) is 27.0. The number of nitrogens with two attached hydrogens (primary N) is 1. The lowest BCUT2D eigenvalue weighted by Crippen LogP contribution is -2.48. The van der Waals surface area contributed by atoms with Gasteiger partial charge >= 0.3 is 29.2 Å². The summed E-state index contributed by atoms with van der Waals surface area (Å²) in [4.78, 5) is 51.3. The molecule has 6 atom stereocenters. The van der Waals surface area contributed by atoms with E-state index in [2.05, 4.69) is 18.1 Å². The van der Waals surface area contributed by atoms with E-state index in [0.29, 0.717) is 4.57 Å². The van der Waals surface area contributed by atoms with Crippen LogP contribution in [0.5, 0.6) is 0 Å². The number of phosphoric ester groups is 1. The van der Waals surface area contributed by atoms with E-state index >= 15 is 0 Å². The summed E-state index contributed by atoms with van der Waals surface area (Å²) in [5, 5.41) is 21.3. The van der Waals surface area contributed by atoms with Gasteiger partial charge in [0.2, 0.25) is 0 Å². The standard InChI is InChI=1S/C12H17FN3O14P3/c13-4-1-3-12(19)9(17)7(28-10(12)16-5-2-8(14)15-11(16)18)6-27-32(23,24)30-33(25,26)29-31(20,21)22/h2,5,7,9-10,17,19H,4,6H2,(H,23,24)(H,25,26)(H2,14,15,18)(H2,20,21,22)/t7-,9+,10-,12?/m1/s1/i6D2. The first-order valence-electron chi connectivity index (χ1n) is 9.04. The molecule has 186 valence electrons. The molecule has 21 heteroatoms. The number of hydrogen-bond acceptors (Lipinski definition) is 12. The quantitative estimate of drug-likeness (QED) is 0.140. The minimum absolute atomic E-state index is 0.289. The van der Waals surface area contributed by atoms with Crippen molar-refractivity contribution in [3.8, 4) is 11.8 Å². The van der Waals surface area contributed by atoms with Gasteiger partial charge in [-0.2, -0.15) is 13.6 Å². The molecule has 1 aromatic heterocycles. The molecule has 0 saturated carbocycles. The normalized spacial score (nSPS) is 30.3. The number of halogens is 1. The molecule has 1 fully saturated rings. The van der Waals surface area contributed by atoms with Gasteiger partial charge in [0.15, 0.2) is 11.8 Å². The number of rotatable bonds is 8. The van der Waals surface area contributed by atoms with Gasteiger partial charge in [0.25, 0.3) is 0 Å². The summed E-state index contributed by atoms with van der Waals surface area (Å²) in [7, 11) is -17.9. The van der Waals surface area contributed by atoms with Crippen LogP contribution in [-0.4, -0.2) is 70.4 Å². The third-order valence-corrected chi connectivity index (χ3v) is 7.21. The molecule has 0 amide bonds. The maximum atomic E-state index is 12.6. The second kappa shape index (κ2) is 9.98. The molecule has 33 heavy (non-hydrogen) atoms. The van der Waals surface area contributed by atoms with Crippen LogP contribution in [0.25, 0.3) is 0 Å². The number of anilines is 1. The lowest BCUT2D eigenvalue weighted by Gasteiger charge is -2.26. The molecule has 2 heterocycles. The monoisotopic (exact) mass is 541 g/mol. The van der Waals surface area contributed by atoms with Crippen LogP contribution in [0.15, 0.2) is 17.1 Å². The Morgan fingerprint density at radius 3 is 2.48 bits per heavy atom. The number of aliphatic hydroxyl groups excluding tert-OH is 1. The average Bonchev–Trinajstić information content (AvgIpc) is 2.88. The number of aromatic nitrogens is 2. The summed E-state index contributed by atoms with van der Waals surface area (Å²) in [5.41, 5.74) is 1.17. The Balaban J connectivity index is 2.43. The fourth-order valence-corrected chi connectivity index (χ4v) is 5.27. The average molecular weight is 541 g/mol. The molecule has 17 nitrogen and oxygen atoms in total. The van der Waals surface area contributed by atoms with E-state index in [-0.39, 0.29) is 5.82 Å². The van der Waals surface area contributed by atoms with Crippen molar-refractivity contribution in [3.63, 3.8) is 0 Å². The number of nitrogens with zero attached hydrogens (tertiary/aromatic N) is 2. The summed E-state index contributed by atoms with van der Waals surface area (Å²) in [6.07, 6.45) is -6.36. The topological polar surface area (TPSA) is 270 Å². The molecule has 1 saturated heterocycles. The van der Waals surface area contributed by atoms with E-state index in [1.807, 2.05) is 5.92 Å². The van der Waals surface area contributed by atoms with Gasteiger partial charge in [-0.05, 0) is 6.07 Å². The van der Waals surface area contributed by atoms with Crippen LogP contribution >= 0.6 is 23.5 Å². The van der Waals surface area contributed by atoms with Crippen molar-refractivity contribution < 1.29 is 68.5 Å². The molecule has 3 unspecified atom stereocenters. The second-order valence-electron chi connectivity index (χ2n) is 5.96. The zero-order valence-electron chi connectivity index (χ0n) is 17.7. The highest BCUT2D eigenvalue weighted by atomic mass is 31.3. The van der Waals surface area contributed by atoms with Crippen LogP contribution in [-0.2, 0) is 31.6 Å². The van der Waals surface area contributed by atoms with Crippen molar-refractivity contribution in [2.24, 2.45) is 0 Å². The number of hydrogen-bond donors (Lipinski definition) is 7. The highest BCUT2D eigenvalue weighted by Crippen LogP contribution is 2.66. The van der Waals surface area contributed by atoms with Gasteiger partial charge in [-0.25, -0.2) is 22.9 Å². The largest absolute Gasteiger partial charge is 0.490 e. The van der Waals surface area contributed by atoms with Crippen LogP contribution in [0.2, 0.25) is 0 Å². The van der Waals surface area contributed by atoms with Crippen molar-refractivity contribution in [3.05, 3.63) is 22.7 Å². The molecular weight excluding hydrogens is 522 g/mol. The van der Waals surface area contributed by atoms with E-state index in [4.69, 9.17) is 23.0 Å². The molecule has 2 rings (SSSR count). The van der Waals surface area contributed by atoms with Gasteiger partial charge in [0.1, 0.15) is 24.7 Å². The number of alkyl halides is 1. The smallest absolute Gasteiger partial charge is 0.386 e. The molecule has 8 N–H and O–H groups in total. The SMILES string of the molecule is [2H]C([2H])(OP(=O)(O)OP(=O)(O)OP(=O)(O)O)[C@H]1O[C@@H](n2ccc(N)nc2=O)C(O)(C#CCF)[C@H]1O. The van der Waals surface area contributed by atoms with Crippen molar-refractivity contribution in [1.82, 2.24) is 9.55 Å².